The van der Waals surface area contributed by atoms with Crippen LogP contribution in [0, 0.1) is 0 Å². The maximum Gasteiger partial charge on any atom is 0.390 e. The first-order chi connectivity index (χ1) is 9.90. The summed E-state index contributed by atoms with van der Waals surface area (Å²) in [6, 6.07) is 3.34. The number of nitrogens with zero attached hydrogens (tertiary/aromatic N) is 2. The van der Waals surface area contributed by atoms with Crippen molar-refractivity contribution in [3.8, 4) is 0 Å². The monoisotopic (exact) mass is 303 g/mol. The van der Waals surface area contributed by atoms with E-state index < -0.39 is 12.6 Å². The molecule has 0 aliphatic heterocycles. The summed E-state index contributed by atoms with van der Waals surface area (Å²) in [5, 5.41) is 7.66. The van der Waals surface area contributed by atoms with E-state index in [4.69, 9.17) is 0 Å². The van der Waals surface area contributed by atoms with Crippen molar-refractivity contribution in [2.75, 3.05) is 25.5 Å². The highest BCUT2D eigenvalue weighted by molar-refractivity contribution is 5.94. The number of hydrogen-bond acceptors (Lipinski definition) is 3. The molecule has 1 rings (SSSR count). The number of hydrogen-bond donors (Lipinski definition) is 3. The molecule has 0 aliphatic rings. The Hall–Kier alpha value is -2.32. The van der Waals surface area contributed by atoms with Gasteiger partial charge in [-0.25, -0.2) is 0 Å². The van der Waals surface area contributed by atoms with Gasteiger partial charge in [-0.15, -0.1) is 0 Å². The van der Waals surface area contributed by atoms with E-state index in [-0.39, 0.29) is 25.0 Å². The predicted molar refractivity (Wildman–Crippen MR) is 72.9 cm³/mol. The molecule has 6 nitrogen and oxygen atoms in total. The highest BCUT2D eigenvalue weighted by atomic mass is 19.4. The molecule has 0 bridgehead atoms. The topological polar surface area (TPSA) is 78.4 Å². The molecule has 1 amide bonds. The number of anilines is 1. The molecule has 0 aromatic carbocycles. The number of guanidine groups is 1. The third kappa shape index (κ3) is 7.75. The zero-order valence-corrected chi connectivity index (χ0v) is 11.4. The van der Waals surface area contributed by atoms with Gasteiger partial charge in [-0.2, -0.15) is 13.2 Å². The SMILES string of the molecule is CN=C(NCCC(F)(F)F)NCC(=O)Nc1cccnc1. The van der Waals surface area contributed by atoms with Crippen LogP contribution in [0.4, 0.5) is 18.9 Å². The standard InChI is InChI=1S/C12H16F3N5O/c1-16-11(18-6-4-12(13,14)15)19-8-10(21)20-9-3-2-5-17-7-9/h2-3,5,7H,4,6,8H2,1H3,(H,20,21)(H2,16,18,19). The molecule has 0 fully saturated rings. The molecule has 0 saturated heterocycles. The van der Waals surface area contributed by atoms with Gasteiger partial charge >= 0.3 is 6.18 Å². The first kappa shape index (κ1) is 16.7. The van der Waals surface area contributed by atoms with Crippen molar-refractivity contribution < 1.29 is 18.0 Å². The molecule has 0 radical (unpaired) electrons. The average molecular weight is 303 g/mol. The van der Waals surface area contributed by atoms with Gasteiger partial charge in [0.25, 0.3) is 0 Å². The number of halogens is 3. The largest absolute Gasteiger partial charge is 0.390 e. The molecule has 1 aromatic heterocycles. The summed E-state index contributed by atoms with van der Waals surface area (Å²) >= 11 is 0. The predicted octanol–water partition coefficient (Wildman–Crippen LogP) is 1.14. The molecule has 0 atom stereocenters. The van der Waals surface area contributed by atoms with E-state index in [2.05, 4.69) is 25.9 Å². The lowest BCUT2D eigenvalue weighted by Gasteiger charge is -2.12. The van der Waals surface area contributed by atoms with Crippen LogP contribution in [0.15, 0.2) is 29.5 Å². The lowest BCUT2D eigenvalue weighted by atomic mass is 10.4. The second-order valence-corrected chi connectivity index (χ2v) is 4.01. The van der Waals surface area contributed by atoms with Gasteiger partial charge in [-0.1, -0.05) is 0 Å². The molecule has 9 heteroatoms. The Kier molecular flexibility index (Phi) is 6.44. The third-order valence-corrected chi connectivity index (χ3v) is 2.29. The van der Waals surface area contributed by atoms with Crippen LogP contribution in [-0.4, -0.2) is 43.2 Å². The van der Waals surface area contributed by atoms with Crippen LogP contribution in [-0.2, 0) is 4.79 Å². The van der Waals surface area contributed by atoms with Crippen molar-refractivity contribution in [3.05, 3.63) is 24.5 Å². The molecular weight excluding hydrogens is 287 g/mol. The van der Waals surface area contributed by atoms with Crippen LogP contribution in [0.25, 0.3) is 0 Å². The highest BCUT2D eigenvalue weighted by Crippen LogP contribution is 2.17. The van der Waals surface area contributed by atoms with Crippen LogP contribution in [0.2, 0.25) is 0 Å². The summed E-state index contributed by atoms with van der Waals surface area (Å²) in [6.07, 6.45) is -2.16. The van der Waals surface area contributed by atoms with Crippen LogP contribution >= 0.6 is 0 Å². The average Bonchev–Trinajstić information content (AvgIpc) is 2.42. The molecule has 1 heterocycles. The van der Waals surface area contributed by atoms with Crippen molar-refractivity contribution in [2.24, 2.45) is 4.99 Å². The van der Waals surface area contributed by atoms with E-state index >= 15 is 0 Å². The minimum Gasteiger partial charge on any atom is -0.356 e. The maximum absolute atomic E-state index is 12.0. The first-order valence-electron chi connectivity index (χ1n) is 6.12. The summed E-state index contributed by atoms with van der Waals surface area (Å²) in [4.78, 5) is 19.2. The summed E-state index contributed by atoms with van der Waals surface area (Å²) in [5.74, 6) is -0.234. The Bertz CT molecular complexity index is 476. The van der Waals surface area contributed by atoms with Crippen LogP contribution < -0.4 is 16.0 Å². The van der Waals surface area contributed by atoms with Gasteiger partial charge in [0.15, 0.2) is 5.96 Å². The minimum absolute atomic E-state index is 0.124. The molecule has 0 saturated carbocycles. The van der Waals surface area contributed by atoms with Gasteiger partial charge in [0.1, 0.15) is 0 Å². The molecule has 0 unspecified atom stereocenters. The fourth-order valence-electron chi connectivity index (χ4n) is 1.35. The van der Waals surface area contributed by atoms with Crippen LogP contribution in [0.1, 0.15) is 6.42 Å². The number of amides is 1. The molecule has 0 aliphatic carbocycles. The minimum atomic E-state index is -4.23. The third-order valence-electron chi connectivity index (χ3n) is 2.29. The zero-order chi connectivity index (χ0) is 15.7. The van der Waals surface area contributed by atoms with Gasteiger partial charge in [-0.3, -0.25) is 14.8 Å². The van der Waals surface area contributed by atoms with Gasteiger partial charge in [0, 0.05) is 19.8 Å². The Morgan fingerprint density at radius 1 is 1.38 bits per heavy atom. The number of carbonyl (C=O) groups is 1. The lowest BCUT2D eigenvalue weighted by Crippen LogP contribution is -2.42. The number of pyridine rings is 1. The fraction of sp³-hybridized carbons (Fsp3) is 0.417. The smallest absolute Gasteiger partial charge is 0.356 e. The van der Waals surface area contributed by atoms with Gasteiger partial charge < -0.3 is 16.0 Å². The molecule has 116 valence electrons. The first-order valence-corrected chi connectivity index (χ1v) is 6.12. The summed E-state index contributed by atoms with van der Waals surface area (Å²) in [6.45, 7) is -0.437. The van der Waals surface area contributed by atoms with Crippen molar-refractivity contribution >= 4 is 17.6 Å². The normalized spacial score (nSPS) is 11.9. The molecular formula is C12H16F3N5O. The number of alkyl halides is 3. The summed E-state index contributed by atoms with van der Waals surface area (Å²) < 4.78 is 36.0. The van der Waals surface area contributed by atoms with Crippen LogP contribution in [0.5, 0.6) is 0 Å². The van der Waals surface area contributed by atoms with E-state index in [0.29, 0.717) is 5.69 Å². The van der Waals surface area contributed by atoms with Crippen LogP contribution in [0.3, 0.4) is 0 Å². The second-order valence-electron chi connectivity index (χ2n) is 4.01. The second kappa shape index (κ2) is 8.08. The lowest BCUT2D eigenvalue weighted by molar-refractivity contribution is -0.132. The van der Waals surface area contributed by atoms with E-state index in [1.807, 2.05) is 0 Å². The summed E-state index contributed by atoms with van der Waals surface area (Å²) in [7, 11) is 1.40. The van der Waals surface area contributed by atoms with E-state index in [9.17, 15) is 18.0 Å². The van der Waals surface area contributed by atoms with Gasteiger partial charge in [0.05, 0.1) is 24.8 Å². The molecule has 1 aromatic rings. The Labute approximate surface area is 119 Å². The quantitative estimate of drug-likeness (QED) is 0.563. The number of aliphatic imine (C=N–C) groups is 1. The van der Waals surface area contributed by atoms with Gasteiger partial charge in [0.2, 0.25) is 5.91 Å². The maximum atomic E-state index is 12.0. The van der Waals surface area contributed by atoms with Gasteiger partial charge in [-0.05, 0) is 12.1 Å². The van der Waals surface area contributed by atoms with E-state index in [0.717, 1.165) is 0 Å². The number of nitrogens with one attached hydrogen (secondary N) is 3. The fourth-order valence-corrected chi connectivity index (χ4v) is 1.35. The Morgan fingerprint density at radius 3 is 2.71 bits per heavy atom. The Balaban J connectivity index is 2.30. The Morgan fingerprint density at radius 2 is 2.14 bits per heavy atom. The van der Waals surface area contributed by atoms with E-state index in [1.54, 1.807) is 18.3 Å². The molecule has 0 spiro atoms. The zero-order valence-electron chi connectivity index (χ0n) is 11.4. The highest BCUT2D eigenvalue weighted by Gasteiger charge is 2.26. The summed E-state index contributed by atoms with van der Waals surface area (Å²) in [5.41, 5.74) is 0.532. The number of carbonyl (C=O) groups excluding carboxylic acids is 1. The number of rotatable bonds is 5. The van der Waals surface area contributed by atoms with Crippen molar-refractivity contribution in [1.29, 1.82) is 0 Å². The van der Waals surface area contributed by atoms with Crippen molar-refractivity contribution in [1.82, 2.24) is 15.6 Å². The van der Waals surface area contributed by atoms with Crippen molar-refractivity contribution in [2.45, 2.75) is 12.6 Å². The number of aromatic nitrogens is 1. The molecule has 3 N–H and O–H groups in total. The van der Waals surface area contributed by atoms with Crippen molar-refractivity contribution in [3.63, 3.8) is 0 Å². The van der Waals surface area contributed by atoms with E-state index in [1.165, 1.54) is 13.2 Å². The molecule has 21 heavy (non-hydrogen) atoms.